The van der Waals surface area contributed by atoms with Gasteiger partial charge in [-0.1, -0.05) is 23.2 Å². The summed E-state index contributed by atoms with van der Waals surface area (Å²) in [5, 5.41) is 3.58. The molecule has 1 aliphatic rings. The minimum atomic E-state index is -0.314. The second kappa shape index (κ2) is 9.41. The van der Waals surface area contributed by atoms with E-state index < -0.39 is 0 Å². The highest BCUT2D eigenvalue weighted by atomic mass is 35.5. The Morgan fingerprint density at radius 3 is 2.21 bits per heavy atom. The fourth-order valence-corrected chi connectivity index (χ4v) is 3.73. The molecule has 1 aliphatic heterocycles. The van der Waals surface area contributed by atoms with E-state index in [2.05, 4.69) is 10.2 Å². The number of amides is 2. The van der Waals surface area contributed by atoms with Crippen LogP contribution in [0.1, 0.15) is 33.6 Å². The summed E-state index contributed by atoms with van der Waals surface area (Å²) in [6.07, 6.45) is 2.48. The first-order valence-corrected chi connectivity index (χ1v) is 10.0. The molecule has 0 saturated carbocycles. The van der Waals surface area contributed by atoms with E-state index in [1.807, 2.05) is 7.05 Å². The van der Waals surface area contributed by atoms with Crippen molar-refractivity contribution >= 4 is 40.7 Å². The number of nitrogens with one attached hydrogen (secondary N) is 1. The van der Waals surface area contributed by atoms with Gasteiger partial charge in [0.05, 0.1) is 0 Å². The van der Waals surface area contributed by atoms with E-state index >= 15 is 0 Å². The predicted octanol–water partition coefficient (Wildman–Crippen LogP) is 4.41. The van der Waals surface area contributed by atoms with E-state index in [4.69, 9.17) is 23.2 Å². The summed E-state index contributed by atoms with van der Waals surface area (Å²) in [4.78, 5) is 29.0. The number of carbonyl (C=O) groups is 2. The van der Waals surface area contributed by atoms with Crippen molar-refractivity contribution in [3.8, 4) is 0 Å². The number of benzene rings is 2. The van der Waals surface area contributed by atoms with E-state index in [0.717, 1.165) is 19.6 Å². The second-order valence-corrected chi connectivity index (χ2v) is 7.84. The molecule has 7 heteroatoms. The van der Waals surface area contributed by atoms with E-state index in [9.17, 15) is 9.59 Å². The van der Waals surface area contributed by atoms with E-state index in [0.29, 0.717) is 33.4 Å². The number of anilines is 1. The quantitative estimate of drug-likeness (QED) is 0.753. The van der Waals surface area contributed by atoms with E-state index in [1.165, 1.54) is 12.8 Å². The largest absolute Gasteiger partial charge is 0.340 e. The number of rotatable bonds is 6. The average Bonchev–Trinajstić information content (AvgIpc) is 3.19. The van der Waals surface area contributed by atoms with Gasteiger partial charge in [-0.05, 0) is 68.4 Å². The fourth-order valence-electron chi connectivity index (χ4n) is 3.20. The van der Waals surface area contributed by atoms with Crippen LogP contribution in [-0.4, -0.2) is 54.8 Å². The lowest BCUT2D eigenvalue weighted by molar-refractivity contribution is 0.0782. The molecule has 0 atom stereocenters. The Labute approximate surface area is 175 Å². The third kappa shape index (κ3) is 5.47. The first kappa shape index (κ1) is 20.6. The van der Waals surface area contributed by atoms with Gasteiger partial charge >= 0.3 is 0 Å². The van der Waals surface area contributed by atoms with Crippen molar-refractivity contribution in [2.75, 3.05) is 38.5 Å². The Kier molecular flexibility index (Phi) is 6.94. The molecule has 0 aliphatic carbocycles. The number of halogens is 2. The first-order valence-electron chi connectivity index (χ1n) is 9.28. The lowest BCUT2D eigenvalue weighted by Gasteiger charge is -2.21. The monoisotopic (exact) mass is 419 g/mol. The van der Waals surface area contributed by atoms with E-state index in [-0.39, 0.29) is 11.8 Å². The summed E-state index contributed by atoms with van der Waals surface area (Å²) in [6.45, 7) is 3.84. The number of hydrogen-bond acceptors (Lipinski definition) is 3. The molecule has 1 heterocycles. The average molecular weight is 420 g/mol. The van der Waals surface area contributed by atoms with Gasteiger partial charge in [0.1, 0.15) is 0 Å². The molecule has 0 aromatic heterocycles. The van der Waals surface area contributed by atoms with Crippen LogP contribution in [0.15, 0.2) is 42.5 Å². The predicted molar refractivity (Wildman–Crippen MR) is 113 cm³/mol. The number of nitrogens with zero attached hydrogens (tertiary/aromatic N) is 2. The maximum Gasteiger partial charge on any atom is 0.255 e. The summed E-state index contributed by atoms with van der Waals surface area (Å²) in [6, 6.07) is 11.5. The van der Waals surface area contributed by atoms with Crippen LogP contribution in [0, 0.1) is 0 Å². The molecule has 0 unspecified atom stereocenters. The van der Waals surface area contributed by atoms with Gasteiger partial charge in [0.15, 0.2) is 0 Å². The molecule has 1 saturated heterocycles. The van der Waals surface area contributed by atoms with Crippen LogP contribution in [0.25, 0.3) is 0 Å². The van der Waals surface area contributed by atoms with Gasteiger partial charge in [-0.15, -0.1) is 0 Å². The van der Waals surface area contributed by atoms with Crippen LogP contribution in [0.5, 0.6) is 0 Å². The van der Waals surface area contributed by atoms with Crippen LogP contribution in [0.2, 0.25) is 10.0 Å². The Morgan fingerprint density at radius 1 is 1.00 bits per heavy atom. The van der Waals surface area contributed by atoms with Gasteiger partial charge in [-0.2, -0.15) is 0 Å². The number of likely N-dealkylation sites (N-methyl/N-ethyl adjacent to an activating group) is 1. The molecule has 1 fully saturated rings. The Balaban J connectivity index is 1.57. The third-order valence-electron chi connectivity index (χ3n) is 4.81. The maximum atomic E-state index is 12.6. The highest BCUT2D eigenvalue weighted by Crippen LogP contribution is 2.20. The van der Waals surface area contributed by atoms with Crippen molar-refractivity contribution in [2.45, 2.75) is 12.8 Å². The standard InChI is InChI=1S/C21H23Cl2N3O2/c1-25(10-11-26-8-2-3-9-26)21(28)15-4-6-19(7-5-15)24-20(27)16-12-17(22)14-18(23)13-16/h4-7,12-14H,2-3,8-11H2,1H3,(H,24,27). The molecule has 28 heavy (non-hydrogen) atoms. The molecular formula is C21H23Cl2N3O2. The van der Waals surface area contributed by atoms with E-state index in [1.54, 1.807) is 47.4 Å². The molecule has 3 rings (SSSR count). The molecule has 5 nitrogen and oxygen atoms in total. The molecular weight excluding hydrogens is 397 g/mol. The van der Waals surface area contributed by atoms with Gasteiger partial charge < -0.3 is 15.1 Å². The van der Waals surface area contributed by atoms with Crippen LogP contribution in [-0.2, 0) is 0 Å². The highest BCUT2D eigenvalue weighted by molar-refractivity contribution is 6.35. The normalized spacial score (nSPS) is 14.1. The summed E-state index contributed by atoms with van der Waals surface area (Å²) in [5.74, 6) is -0.343. The topological polar surface area (TPSA) is 52.6 Å². The Morgan fingerprint density at radius 2 is 1.61 bits per heavy atom. The van der Waals surface area contributed by atoms with Gasteiger partial charge in [-0.3, -0.25) is 9.59 Å². The lowest BCUT2D eigenvalue weighted by Crippen LogP contribution is -2.35. The number of carbonyl (C=O) groups excluding carboxylic acids is 2. The first-order chi connectivity index (χ1) is 13.4. The number of hydrogen-bond donors (Lipinski definition) is 1. The summed E-state index contributed by atoms with van der Waals surface area (Å²) < 4.78 is 0. The Hall–Kier alpha value is -2.08. The molecule has 0 radical (unpaired) electrons. The zero-order chi connectivity index (χ0) is 20.1. The molecule has 2 amide bonds. The highest BCUT2D eigenvalue weighted by Gasteiger charge is 2.16. The van der Waals surface area contributed by atoms with Gasteiger partial charge in [-0.25, -0.2) is 0 Å². The van der Waals surface area contributed by atoms with Crippen molar-refractivity contribution in [1.29, 1.82) is 0 Å². The van der Waals surface area contributed by atoms with Crippen molar-refractivity contribution in [3.63, 3.8) is 0 Å². The third-order valence-corrected chi connectivity index (χ3v) is 5.25. The van der Waals surface area contributed by atoms with Crippen molar-refractivity contribution in [3.05, 3.63) is 63.6 Å². The van der Waals surface area contributed by atoms with Crippen molar-refractivity contribution in [2.24, 2.45) is 0 Å². The molecule has 1 N–H and O–H groups in total. The summed E-state index contributed by atoms with van der Waals surface area (Å²) >= 11 is 11.9. The zero-order valence-corrected chi connectivity index (χ0v) is 17.3. The zero-order valence-electron chi connectivity index (χ0n) is 15.8. The van der Waals surface area contributed by atoms with Crippen LogP contribution in [0.3, 0.4) is 0 Å². The Bertz CT molecular complexity index is 829. The fraction of sp³-hybridized carbons (Fsp3) is 0.333. The minimum absolute atomic E-state index is 0.0290. The van der Waals surface area contributed by atoms with Crippen LogP contribution in [0.4, 0.5) is 5.69 Å². The molecule has 2 aromatic carbocycles. The lowest BCUT2D eigenvalue weighted by atomic mass is 10.1. The van der Waals surface area contributed by atoms with Crippen molar-refractivity contribution in [1.82, 2.24) is 9.80 Å². The second-order valence-electron chi connectivity index (χ2n) is 6.97. The maximum absolute atomic E-state index is 12.6. The number of likely N-dealkylation sites (tertiary alicyclic amines) is 1. The van der Waals surface area contributed by atoms with Gasteiger partial charge in [0.2, 0.25) is 0 Å². The smallest absolute Gasteiger partial charge is 0.255 e. The van der Waals surface area contributed by atoms with Crippen molar-refractivity contribution < 1.29 is 9.59 Å². The van der Waals surface area contributed by atoms with Crippen LogP contribution < -0.4 is 5.32 Å². The molecule has 148 valence electrons. The molecule has 2 aromatic rings. The SMILES string of the molecule is CN(CCN1CCCC1)C(=O)c1ccc(NC(=O)c2cc(Cl)cc(Cl)c2)cc1. The van der Waals surface area contributed by atoms with Gasteiger partial charge in [0, 0.05) is 47.0 Å². The summed E-state index contributed by atoms with van der Waals surface area (Å²) in [7, 11) is 1.82. The van der Waals surface area contributed by atoms with Crippen LogP contribution >= 0.6 is 23.2 Å². The minimum Gasteiger partial charge on any atom is -0.340 e. The summed E-state index contributed by atoms with van der Waals surface area (Å²) in [5.41, 5.74) is 1.56. The van der Waals surface area contributed by atoms with Gasteiger partial charge in [0.25, 0.3) is 11.8 Å². The molecule has 0 bridgehead atoms. The molecule has 0 spiro atoms.